The van der Waals surface area contributed by atoms with Crippen LogP contribution in [0.2, 0.25) is 0 Å². The maximum Gasteiger partial charge on any atom is 0.338 e. The van der Waals surface area contributed by atoms with Crippen LogP contribution in [-0.2, 0) is 10.1 Å². The lowest BCUT2D eigenvalue weighted by atomic mass is 10.1. The predicted molar refractivity (Wildman–Crippen MR) is 92.0 cm³/mol. The third-order valence-electron chi connectivity index (χ3n) is 3.57. The van der Waals surface area contributed by atoms with E-state index in [1.54, 1.807) is 0 Å². The molecule has 2 nitrogen and oxygen atoms in total. The minimum absolute atomic E-state index is 0.209. The molecule has 0 heterocycles. The van der Waals surface area contributed by atoms with Gasteiger partial charge in [0.1, 0.15) is 0 Å². The Bertz CT molecular complexity index is 387. The molecule has 1 rings (SSSR count). The molecule has 0 N–H and O–H groups in total. The van der Waals surface area contributed by atoms with Gasteiger partial charge in [0, 0.05) is 5.33 Å². The fraction of sp³-hybridized carbons (Fsp3) is 0.611. The molecule has 0 aliphatic carbocycles. The van der Waals surface area contributed by atoms with Crippen LogP contribution in [0.5, 0.6) is 0 Å². The van der Waals surface area contributed by atoms with Crippen LogP contribution < -0.4 is 0 Å². The standard InChI is InChI=1S/C18H27BrO2/c1-2-3-4-5-6-7-8-9-14-21-18(20)17-12-10-16(15-19)11-13-17/h10-13H,2-9,14-15H2,1H3. The summed E-state index contributed by atoms with van der Waals surface area (Å²) < 4.78 is 5.30. The van der Waals surface area contributed by atoms with Crippen molar-refractivity contribution < 1.29 is 9.53 Å². The van der Waals surface area contributed by atoms with E-state index in [4.69, 9.17) is 4.74 Å². The number of carbonyl (C=O) groups is 1. The summed E-state index contributed by atoms with van der Waals surface area (Å²) in [5.74, 6) is -0.209. The molecule has 0 bridgehead atoms. The van der Waals surface area contributed by atoms with Crippen LogP contribution in [0.4, 0.5) is 0 Å². The Balaban J connectivity index is 2.05. The Morgan fingerprint density at radius 2 is 1.52 bits per heavy atom. The van der Waals surface area contributed by atoms with Crippen LogP contribution >= 0.6 is 15.9 Å². The largest absolute Gasteiger partial charge is 0.462 e. The number of hydrogen-bond acceptors (Lipinski definition) is 2. The van der Waals surface area contributed by atoms with Crippen molar-refractivity contribution in [3.8, 4) is 0 Å². The second-order valence-electron chi connectivity index (χ2n) is 5.44. The number of alkyl halides is 1. The van der Waals surface area contributed by atoms with Crippen LogP contribution in [0, 0.1) is 0 Å². The summed E-state index contributed by atoms with van der Waals surface area (Å²) >= 11 is 3.39. The Hall–Kier alpha value is -0.830. The van der Waals surface area contributed by atoms with E-state index in [1.165, 1.54) is 38.5 Å². The van der Waals surface area contributed by atoms with Gasteiger partial charge in [-0.2, -0.15) is 0 Å². The van der Waals surface area contributed by atoms with Crippen LogP contribution in [0.3, 0.4) is 0 Å². The molecule has 0 saturated heterocycles. The first kappa shape index (κ1) is 18.2. The first-order valence-corrected chi connectivity index (χ1v) is 9.22. The van der Waals surface area contributed by atoms with Crippen molar-refractivity contribution in [1.29, 1.82) is 0 Å². The van der Waals surface area contributed by atoms with E-state index in [1.807, 2.05) is 24.3 Å². The summed E-state index contributed by atoms with van der Waals surface area (Å²) in [5.41, 5.74) is 1.80. The average Bonchev–Trinajstić information content (AvgIpc) is 2.53. The molecule has 0 unspecified atom stereocenters. The highest BCUT2D eigenvalue weighted by atomic mass is 79.9. The second kappa shape index (κ2) is 11.8. The highest BCUT2D eigenvalue weighted by molar-refractivity contribution is 9.08. The molecule has 1 aromatic rings. The maximum atomic E-state index is 11.8. The molecule has 0 radical (unpaired) electrons. The zero-order valence-electron chi connectivity index (χ0n) is 13.1. The number of carbonyl (C=O) groups excluding carboxylic acids is 1. The third kappa shape index (κ3) is 8.25. The molecular formula is C18H27BrO2. The number of benzene rings is 1. The van der Waals surface area contributed by atoms with Crippen molar-refractivity contribution in [3.63, 3.8) is 0 Å². The Morgan fingerprint density at radius 1 is 0.952 bits per heavy atom. The summed E-state index contributed by atoms with van der Waals surface area (Å²) in [6.07, 6.45) is 10.0. The van der Waals surface area contributed by atoms with E-state index in [0.29, 0.717) is 12.2 Å². The Labute approximate surface area is 137 Å². The van der Waals surface area contributed by atoms with Gasteiger partial charge < -0.3 is 4.74 Å². The van der Waals surface area contributed by atoms with Crippen LogP contribution in [-0.4, -0.2) is 12.6 Å². The zero-order chi connectivity index (χ0) is 15.3. The van der Waals surface area contributed by atoms with Gasteiger partial charge >= 0.3 is 5.97 Å². The van der Waals surface area contributed by atoms with Crippen molar-refractivity contribution in [2.45, 2.75) is 63.6 Å². The minimum atomic E-state index is -0.209. The number of hydrogen-bond donors (Lipinski definition) is 0. The van der Waals surface area contributed by atoms with Gasteiger partial charge in [-0.25, -0.2) is 4.79 Å². The predicted octanol–water partition coefficient (Wildman–Crippen LogP) is 5.88. The van der Waals surface area contributed by atoms with E-state index in [-0.39, 0.29) is 5.97 Å². The number of esters is 1. The molecule has 21 heavy (non-hydrogen) atoms. The summed E-state index contributed by atoms with van der Waals surface area (Å²) in [4.78, 5) is 11.8. The summed E-state index contributed by atoms with van der Waals surface area (Å²) in [7, 11) is 0. The summed E-state index contributed by atoms with van der Waals surface area (Å²) in [6.45, 7) is 2.77. The van der Waals surface area contributed by atoms with Gasteiger partial charge in [0.05, 0.1) is 12.2 Å². The van der Waals surface area contributed by atoms with Gasteiger partial charge in [-0.3, -0.25) is 0 Å². The van der Waals surface area contributed by atoms with Gasteiger partial charge in [0.2, 0.25) is 0 Å². The minimum Gasteiger partial charge on any atom is -0.462 e. The highest BCUT2D eigenvalue weighted by Crippen LogP contribution is 2.11. The van der Waals surface area contributed by atoms with E-state index in [2.05, 4.69) is 22.9 Å². The SMILES string of the molecule is CCCCCCCCCCOC(=O)c1ccc(CBr)cc1. The molecule has 0 spiro atoms. The molecule has 0 atom stereocenters. The average molecular weight is 355 g/mol. The monoisotopic (exact) mass is 354 g/mol. The molecule has 0 fully saturated rings. The highest BCUT2D eigenvalue weighted by Gasteiger charge is 2.06. The summed E-state index contributed by atoms with van der Waals surface area (Å²) in [5, 5.41) is 0.806. The number of halogens is 1. The molecule has 0 aromatic heterocycles. The smallest absolute Gasteiger partial charge is 0.338 e. The van der Waals surface area contributed by atoms with Crippen molar-refractivity contribution in [3.05, 3.63) is 35.4 Å². The van der Waals surface area contributed by atoms with E-state index >= 15 is 0 Å². The van der Waals surface area contributed by atoms with Crippen molar-refractivity contribution in [1.82, 2.24) is 0 Å². The normalized spacial score (nSPS) is 10.6. The van der Waals surface area contributed by atoms with Crippen LogP contribution in [0.15, 0.2) is 24.3 Å². The lowest BCUT2D eigenvalue weighted by molar-refractivity contribution is 0.0497. The first-order valence-electron chi connectivity index (χ1n) is 8.10. The fourth-order valence-corrected chi connectivity index (χ4v) is 2.59. The van der Waals surface area contributed by atoms with Crippen molar-refractivity contribution in [2.24, 2.45) is 0 Å². The van der Waals surface area contributed by atoms with E-state index < -0.39 is 0 Å². The number of ether oxygens (including phenoxy) is 1. The Morgan fingerprint density at radius 3 is 2.10 bits per heavy atom. The first-order chi connectivity index (χ1) is 10.3. The molecule has 1 aromatic carbocycles. The lowest BCUT2D eigenvalue weighted by Gasteiger charge is -2.05. The van der Waals surface area contributed by atoms with E-state index in [0.717, 1.165) is 23.7 Å². The molecular weight excluding hydrogens is 328 g/mol. The molecule has 0 aliphatic heterocycles. The number of unbranched alkanes of at least 4 members (excludes halogenated alkanes) is 7. The summed E-state index contributed by atoms with van der Waals surface area (Å²) in [6, 6.07) is 7.54. The van der Waals surface area contributed by atoms with Crippen LogP contribution in [0.1, 0.15) is 74.2 Å². The van der Waals surface area contributed by atoms with Gasteiger partial charge in [0.25, 0.3) is 0 Å². The number of rotatable bonds is 11. The van der Waals surface area contributed by atoms with E-state index in [9.17, 15) is 4.79 Å². The molecule has 0 aliphatic rings. The quantitative estimate of drug-likeness (QED) is 0.281. The third-order valence-corrected chi connectivity index (χ3v) is 4.22. The second-order valence-corrected chi connectivity index (χ2v) is 6.00. The molecule has 3 heteroatoms. The van der Waals surface area contributed by atoms with Crippen LogP contribution in [0.25, 0.3) is 0 Å². The van der Waals surface area contributed by atoms with Crippen molar-refractivity contribution >= 4 is 21.9 Å². The zero-order valence-corrected chi connectivity index (χ0v) is 14.7. The lowest BCUT2D eigenvalue weighted by Crippen LogP contribution is -2.06. The fourth-order valence-electron chi connectivity index (χ4n) is 2.21. The molecule has 118 valence electrons. The Kier molecular flexibility index (Phi) is 10.2. The van der Waals surface area contributed by atoms with Gasteiger partial charge in [0.15, 0.2) is 0 Å². The van der Waals surface area contributed by atoms with Crippen molar-refractivity contribution in [2.75, 3.05) is 6.61 Å². The maximum absolute atomic E-state index is 11.8. The van der Waals surface area contributed by atoms with Gasteiger partial charge in [-0.05, 0) is 24.1 Å². The van der Waals surface area contributed by atoms with Gasteiger partial charge in [-0.15, -0.1) is 0 Å². The molecule has 0 amide bonds. The molecule has 0 saturated carbocycles. The topological polar surface area (TPSA) is 26.3 Å². The van der Waals surface area contributed by atoms with Gasteiger partial charge in [-0.1, -0.05) is 79.9 Å².